The van der Waals surface area contributed by atoms with Crippen molar-refractivity contribution in [3.8, 4) is 27.4 Å². The Hall–Kier alpha value is -6.24. The Kier molecular flexibility index (Phi) is 14.3. The Balaban J connectivity index is 0.632. The molecular weight excluding hydrogens is 977 g/mol. The Morgan fingerprint density at radius 3 is 2.17 bits per heavy atom. The van der Waals surface area contributed by atoms with E-state index >= 15 is 0 Å². The predicted molar refractivity (Wildman–Crippen MR) is 294 cm³/mol. The van der Waals surface area contributed by atoms with Crippen LogP contribution >= 0.6 is 11.3 Å². The number of anilines is 3. The van der Waals surface area contributed by atoms with Crippen LogP contribution in [0.1, 0.15) is 127 Å². The Morgan fingerprint density at radius 2 is 1.53 bits per heavy atom. The van der Waals surface area contributed by atoms with Gasteiger partial charge in [0.25, 0.3) is 0 Å². The van der Waals surface area contributed by atoms with Gasteiger partial charge in [0.15, 0.2) is 5.82 Å². The lowest BCUT2D eigenvalue weighted by Gasteiger charge is -2.55. The third-order valence-corrected chi connectivity index (χ3v) is 19.0. The summed E-state index contributed by atoms with van der Waals surface area (Å²) < 4.78 is 0. The summed E-state index contributed by atoms with van der Waals surface area (Å²) >= 11 is 1.59. The zero-order chi connectivity index (χ0) is 53.0. The fourth-order valence-corrected chi connectivity index (χ4v) is 14.4. The number of likely N-dealkylation sites (tertiary alicyclic amines) is 2. The Labute approximate surface area is 450 Å². The normalized spacial score (nSPS) is 26.8. The number of nitrogens with two attached hydrogens (primary N) is 1. The number of aliphatic hydroxyl groups excluding tert-OH is 1. The van der Waals surface area contributed by atoms with E-state index in [1.165, 1.54) is 23.3 Å². The van der Waals surface area contributed by atoms with Crippen molar-refractivity contribution >= 4 is 46.5 Å². The lowest BCUT2D eigenvalue weighted by Crippen LogP contribution is -2.59. The second kappa shape index (κ2) is 20.9. The largest absolute Gasteiger partial charge is 0.507 e. The van der Waals surface area contributed by atoms with Gasteiger partial charge in [0.1, 0.15) is 17.8 Å². The van der Waals surface area contributed by atoms with Crippen molar-refractivity contribution in [2.45, 2.75) is 154 Å². The zero-order valence-corrected chi connectivity index (χ0v) is 45.4. The number of para-hydroxylation sites is 1. The lowest BCUT2D eigenvalue weighted by molar-refractivity contribution is -0.145. The van der Waals surface area contributed by atoms with Crippen LogP contribution in [-0.2, 0) is 14.4 Å². The molecule has 3 aromatic heterocycles. The number of thiazole rings is 1. The molecule has 18 heteroatoms. The predicted octanol–water partition coefficient (Wildman–Crippen LogP) is 7.40. The monoisotopic (exact) mass is 1050 g/mol. The average molecular weight is 1050 g/mol. The summed E-state index contributed by atoms with van der Waals surface area (Å²) in [4.78, 5) is 66.7. The van der Waals surface area contributed by atoms with Gasteiger partial charge < -0.3 is 46.2 Å². The number of phenolic OH excluding ortho intramolecular Hbond substituents is 1. The van der Waals surface area contributed by atoms with Gasteiger partial charge in [-0.05, 0) is 143 Å². The van der Waals surface area contributed by atoms with Crippen molar-refractivity contribution in [3.63, 3.8) is 0 Å². The second-order valence-electron chi connectivity index (χ2n) is 24.0. The van der Waals surface area contributed by atoms with Crippen molar-refractivity contribution in [1.82, 2.24) is 45.6 Å². The number of aromatic hydroxyl groups is 1. The first kappa shape index (κ1) is 51.8. The highest BCUT2D eigenvalue weighted by molar-refractivity contribution is 7.13. The fourth-order valence-electron chi connectivity index (χ4n) is 13.5. The molecule has 0 radical (unpaired) electrons. The van der Waals surface area contributed by atoms with Crippen molar-refractivity contribution in [2.24, 2.45) is 16.7 Å². The maximum absolute atomic E-state index is 14.4. The van der Waals surface area contributed by atoms with Crippen LogP contribution in [0, 0.1) is 23.7 Å². The van der Waals surface area contributed by atoms with Gasteiger partial charge >= 0.3 is 0 Å². The zero-order valence-electron chi connectivity index (χ0n) is 44.6. The van der Waals surface area contributed by atoms with E-state index in [2.05, 4.69) is 52.9 Å². The summed E-state index contributed by atoms with van der Waals surface area (Å²) in [6.45, 7) is 13.4. The second-order valence-corrected chi connectivity index (χ2v) is 24.9. The van der Waals surface area contributed by atoms with Gasteiger partial charge in [-0.3, -0.25) is 14.4 Å². The average Bonchev–Trinajstić information content (AvgIpc) is 4.14. The van der Waals surface area contributed by atoms with Crippen LogP contribution in [0.5, 0.6) is 5.75 Å². The van der Waals surface area contributed by atoms with Crippen LogP contribution in [0.4, 0.5) is 17.5 Å². The van der Waals surface area contributed by atoms with Crippen molar-refractivity contribution in [2.75, 3.05) is 48.3 Å². The van der Waals surface area contributed by atoms with Crippen LogP contribution in [0.15, 0.2) is 72.5 Å². The van der Waals surface area contributed by atoms with Crippen molar-refractivity contribution in [3.05, 3.63) is 89.3 Å². The molecule has 1 spiro atoms. The molecule has 4 saturated heterocycles. The van der Waals surface area contributed by atoms with Gasteiger partial charge in [0.2, 0.25) is 23.7 Å². The number of fused-ring (bicyclic) bond motifs is 2. The number of amides is 3. The van der Waals surface area contributed by atoms with E-state index in [4.69, 9.17) is 15.7 Å². The van der Waals surface area contributed by atoms with E-state index in [0.717, 1.165) is 111 Å². The maximum atomic E-state index is 14.4. The summed E-state index contributed by atoms with van der Waals surface area (Å²) in [5.41, 5.74) is 14.1. The number of carbonyl (C=O) groups is 3. The quantitative estimate of drug-likeness (QED) is 0.0823. The van der Waals surface area contributed by atoms with E-state index < -0.39 is 23.6 Å². The molecule has 2 aliphatic carbocycles. The molecule has 6 atom stereocenters. The summed E-state index contributed by atoms with van der Waals surface area (Å²) in [5, 5.41) is 36.1. The lowest BCUT2D eigenvalue weighted by atomic mass is 9.56. The molecule has 76 heavy (non-hydrogen) atoms. The standard InChI is InChI=1S/C58H74N12O5S/c1-34(36-10-12-38(13-11-36)50-35(2)62-33-76-50)63-54(74)48-24-44(71)32-69(48)55(75)51(57(3,4)5)64-53(73)39-16-20-58(21-17-39)26-43(27-58)67-22-18-37(19-23-67)40-28-60-56(61-29-40)70-41-14-15-42(70)31-68(30-41)47-25-46(65-66-52(47)59)45-8-6-7-9-49(45)72/h6-13,25,28-29,33-34,37,39,41-44,48,51,71-72H,14-24,26-27,30-32H2,1-5H3,(H2,59,66)(H,63,74)(H,64,73)/t34-,39?,41?,42?,43?,44-,48-,51+,58?/m0/s1. The molecule has 2 saturated carbocycles. The van der Waals surface area contributed by atoms with Gasteiger partial charge in [-0.15, -0.1) is 21.5 Å². The number of nitrogens with zero attached hydrogens (tertiary/aromatic N) is 9. The number of rotatable bonds is 12. The molecule has 2 unspecified atom stereocenters. The molecule has 6 N–H and O–H groups in total. The molecule has 5 aromatic rings. The maximum Gasteiger partial charge on any atom is 0.246 e. The molecular formula is C58H74N12O5S. The van der Waals surface area contributed by atoms with E-state index in [1.54, 1.807) is 23.5 Å². The molecule has 17 nitrogen and oxygen atoms in total. The Bertz CT molecular complexity index is 2890. The Morgan fingerprint density at radius 1 is 0.842 bits per heavy atom. The summed E-state index contributed by atoms with van der Waals surface area (Å²) in [5.74, 6) is 0.862. The number of hydrogen-bond donors (Lipinski definition) is 5. The number of carbonyl (C=O) groups excluding carboxylic acids is 3. The van der Waals surface area contributed by atoms with Gasteiger partial charge in [0, 0.05) is 68.1 Å². The molecule has 6 aliphatic rings. The van der Waals surface area contributed by atoms with Crippen LogP contribution in [0.25, 0.3) is 21.7 Å². The van der Waals surface area contributed by atoms with E-state index in [0.29, 0.717) is 29.0 Å². The van der Waals surface area contributed by atoms with Gasteiger partial charge in [-0.2, -0.15) is 0 Å². The minimum Gasteiger partial charge on any atom is -0.507 e. The highest BCUT2D eigenvalue weighted by Crippen LogP contribution is 2.55. The number of benzene rings is 2. The third-order valence-electron chi connectivity index (χ3n) is 18.0. The molecule has 7 heterocycles. The third kappa shape index (κ3) is 10.4. The van der Waals surface area contributed by atoms with Crippen LogP contribution < -0.4 is 26.2 Å². The number of phenols is 1. The minimum absolute atomic E-state index is 0.0406. The first-order chi connectivity index (χ1) is 36.5. The molecule has 6 fully saturated rings. The highest BCUT2D eigenvalue weighted by atomic mass is 32.1. The smallest absolute Gasteiger partial charge is 0.246 e. The molecule has 4 aliphatic heterocycles. The number of piperazine rings is 1. The molecule has 11 rings (SSSR count). The minimum atomic E-state index is -0.848. The van der Waals surface area contributed by atoms with Crippen LogP contribution in [0.3, 0.4) is 0 Å². The SMILES string of the molecule is Cc1ncsc1-c1ccc([C@H](C)NC(=O)[C@@H]2C[C@H](O)CN2C(=O)[C@@H](NC(=O)C2CCC3(CC2)CC(N2CCC(c4cnc(N5C6CCC5CN(c5cc(-c7ccccc7O)nnc5N)C6)nc4)CC2)C3)C(C)(C)C)cc1. The van der Waals surface area contributed by atoms with E-state index in [9.17, 15) is 24.6 Å². The molecule has 402 valence electrons. The van der Waals surface area contributed by atoms with Crippen LogP contribution in [-0.4, -0.2) is 132 Å². The first-order valence-corrected chi connectivity index (χ1v) is 28.5. The number of piperidine rings is 1. The van der Waals surface area contributed by atoms with Crippen molar-refractivity contribution in [1.29, 1.82) is 0 Å². The molecule has 3 amide bonds. The summed E-state index contributed by atoms with van der Waals surface area (Å²) in [6, 6.07) is 16.2. The van der Waals surface area contributed by atoms with Gasteiger partial charge in [-0.1, -0.05) is 57.2 Å². The number of aliphatic hydroxyl groups is 1. The molecule has 2 aromatic carbocycles. The van der Waals surface area contributed by atoms with E-state index in [-0.39, 0.29) is 65.9 Å². The number of aromatic nitrogens is 5. The van der Waals surface area contributed by atoms with E-state index in [1.807, 2.05) is 82.6 Å². The number of hydrogen-bond acceptors (Lipinski definition) is 15. The number of β-amino-alcohol motifs (C(OH)–C–C–N with tert-alkyl or cyclic N) is 1. The fraction of sp³-hybridized carbons (Fsp3) is 0.552. The van der Waals surface area contributed by atoms with Gasteiger partial charge in [-0.25, -0.2) is 15.0 Å². The topological polar surface area (TPSA) is 219 Å². The number of nitrogens with one attached hydrogen (secondary N) is 2. The highest BCUT2D eigenvalue weighted by Gasteiger charge is 2.51. The van der Waals surface area contributed by atoms with Crippen LogP contribution in [0.2, 0.25) is 0 Å². The van der Waals surface area contributed by atoms with Gasteiger partial charge in [0.05, 0.1) is 39.6 Å². The molecule has 2 bridgehead atoms. The number of nitrogen functional groups attached to an aromatic ring is 1. The van der Waals surface area contributed by atoms with Crippen molar-refractivity contribution < 1.29 is 24.6 Å². The number of aryl methyl sites for hydroxylation is 1. The summed E-state index contributed by atoms with van der Waals surface area (Å²) in [7, 11) is 0. The summed E-state index contributed by atoms with van der Waals surface area (Å²) in [6.07, 6.45) is 13.7. The first-order valence-electron chi connectivity index (χ1n) is 27.6.